The highest BCUT2D eigenvalue weighted by Gasteiger charge is 2.26. The van der Waals surface area contributed by atoms with Gasteiger partial charge in [-0.3, -0.25) is 9.47 Å². The Hall–Kier alpha value is -3.07. The summed E-state index contributed by atoms with van der Waals surface area (Å²) in [5.41, 5.74) is 4.21. The van der Waals surface area contributed by atoms with Crippen molar-refractivity contribution < 1.29 is 13.6 Å². The van der Waals surface area contributed by atoms with E-state index in [0.717, 1.165) is 34.3 Å². The van der Waals surface area contributed by atoms with E-state index in [2.05, 4.69) is 31.1 Å². The first-order chi connectivity index (χ1) is 17.4. The van der Waals surface area contributed by atoms with Crippen LogP contribution < -0.4 is 5.32 Å². The van der Waals surface area contributed by atoms with E-state index in [4.69, 9.17) is 11.6 Å². The molecule has 2 aromatic carbocycles. The zero-order chi connectivity index (χ0) is 25.2. The molecule has 36 heavy (non-hydrogen) atoms. The lowest BCUT2D eigenvalue weighted by atomic mass is 10.0. The summed E-state index contributed by atoms with van der Waals surface area (Å²) in [5, 5.41) is 4.43. The van der Waals surface area contributed by atoms with Gasteiger partial charge in [-0.2, -0.15) is 4.39 Å². The normalized spacial score (nSPS) is 13.9. The summed E-state index contributed by atoms with van der Waals surface area (Å²) < 4.78 is 29.5. The van der Waals surface area contributed by atoms with Gasteiger partial charge in [0.15, 0.2) is 0 Å². The molecule has 5 nitrogen and oxygen atoms in total. The molecule has 2 aromatic heterocycles. The van der Waals surface area contributed by atoms with Gasteiger partial charge >= 0.3 is 6.03 Å². The van der Waals surface area contributed by atoms with Crippen LogP contribution in [0.2, 0.25) is 5.02 Å². The molecule has 1 aliphatic heterocycles. The van der Waals surface area contributed by atoms with Crippen molar-refractivity contribution in [2.45, 2.75) is 19.5 Å². The van der Waals surface area contributed by atoms with Crippen LogP contribution in [-0.4, -0.2) is 33.6 Å². The molecule has 5 rings (SSSR count). The van der Waals surface area contributed by atoms with Gasteiger partial charge in [0.25, 0.3) is 0 Å². The van der Waals surface area contributed by atoms with Gasteiger partial charge in [-0.25, -0.2) is 14.2 Å². The molecule has 0 atom stereocenters. The minimum absolute atomic E-state index is 0.188. The molecule has 4 aromatic rings. The highest BCUT2D eigenvalue weighted by atomic mass is 79.9. The zero-order valence-electron chi connectivity index (χ0n) is 19.1. The van der Waals surface area contributed by atoms with Gasteiger partial charge in [0.2, 0.25) is 5.95 Å². The second-order valence-corrected chi connectivity index (χ2v) is 10.0. The van der Waals surface area contributed by atoms with Crippen LogP contribution in [0.1, 0.15) is 22.4 Å². The summed E-state index contributed by atoms with van der Waals surface area (Å²) >= 11 is 9.63. The highest BCUT2D eigenvalue weighted by molar-refractivity contribution is 9.10. The smallest absolute Gasteiger partial charge is 0.326 e. The first-order valence-electron chi connectivity index (χ1n) is 11.4. The maximum Gasteiger partial charge on any atom is 0.326 e. The quantitative estimate of drug-likeness (QED) is 0.276. The van der Waals surface area contributed by atoms with E-state index in [9.17, 15) is 13.6 Å². The van der Waals surface area contributed by atoms with Crippen molar-refractivity contribution in [2.75, 3.05) is 13.1 Å². The minimum atomic E-state index is -0.584. The van der Waals surface area contributed by atoms with Crippen LogP contribution in [-0.2, 0) is 19.5 Å². The molecule has 1 aliphatic rings. The van der Waals surface area contributed by atoms with Crippen molar-refractivity contribution in [1.29, 1.82) is 0 Å². The summed E-state index contributed by atoms with van der Waals surface area (Å²) in [6.07, 6.45) is 5.97. The van der Waals surface area contributed by atoms with Crippen molar-refractivity contribution in [3.05, 3.63) is 104 Å². The molecule has 184 valence electrons. The predicted molar refractivity (Wildman–Crippen MR) is 141 cm³/mol. The SMILES string of the molecule is O=C(NCc1ccnc(F)c1)n1c2c(c3cc(Cl)ccc31)CN(C/C=C/c1cc(F)cc(Br)c1)CC2. The number of hydrogen-bond donors (Lipinski definition) is 1. The van der Waals surface area contributed by atoms with Gasteiger partial charge in [-0.15, -0.1) is 0 Å². The number of nitrogens with one attached hydrogen (secondary N) is 1. The Morgan fingerprint density at radius 1 is 1.17 bits per heavy atom. The van der Waals surface area contributed by atoms with Crippen LogP contribution in [0.3, 0.4) is 0 Å². The van der Waals surface area contributed by atoms with E-state index in [-0.39, 0.29) is 18.4 Å². The van der Waals surface area contributed by atoms with Crippen molar-refractivity contribution in [3.63, 3.8) is 0 Å². The molecular weight excluding hydrogens is 550 g/mol. The monoisotopic (exact) mass is 570 g/mol. The molecule has 0 bridgehead atoms. The van der Waals surface area contributed by atoms with Crippen molar-refractivity contribution >= 4 is 50.5 Å². The van der Waals surface area contributed by atoms with Crippen LogP contribution in [0.25, 0.3) is 17.0 Å². The van der Waals surface area contributed by atoms with E-state index in [1.807, 2.05) is 30.4 Å². The van der Waals surface area contributed by atoms with Gasteiger partial charge in [-0.05, 0) is 65.2 Å². The second kappa shape index (κ2) is 10.5. The number of carbonyl (C=O) groups is 1. The van der Waals surface area contributed by atoms with Crippen LogP contribution in [0.5, 0.6) is 0 Å². The number of carbonyl (C=O) groups excluding carboxylic acids is 1. The number of nitrogens with zero attached hydrogens (tertiary/aromatic N) is 3. The lowest BCUT2D eigenvalue weighted by molar-refractivity contribution is 0.240. The van der Waals surface area contributed by atoms with E-state index >= 15 is 0 Å². The molecule has 1 amide bonds. The average molecular weight is 572 g/mol. The van der Waals surface area contributed by atoms with Crippen LogP contribution in [0, 0.1) is 11.8 Å². The zero-order valence-corrected chi connectivity index (χ0v) is 21.5. The molecule has 9 heteroatoms. The molecular formula is C27H22BrClF2N4O. The lowest BCUT2D eigenvalue weighted by Crippen LogP contribution is -2.34. The molecule has 0 saturated heterocycles. The molecule has 0 radical (unpaired) electrons. The number of pyridine rings is 1. The van der Waals surface area contributed by atoms with Gasteiger partial charge in [0.05, 0.1) is 5.52 Å². The Kier molecular flexibility index (Phi) is 7.18. The van der Waals surface area contributed by atoms with E-state index < -0.39 is 5.95 Å². The first-order valence-corrected chi connectivity index (χ1v) is 12.6. The Morgan fingerprint density at radius 2 is 2.03 bits per heavy atom. The molecule has 0 aliphatic carbocycles. The minimum Gasteiger partial charge on any atom is -0.333 e. The first kappa shape index (κ1) is 24.6. The average Bonchev–Trinajstić information content (AvgIpc) is 3.15. The number of aromatic nitrogens is 2. The number of amides is 1. The summed E-state index contributed by atoms with van der Waals surface area (Å²) in [5.74, 6) is -0.872. The van der Waals surface area contributed by atoms with Crippen molar-refractivity contribution in [1.82, 2.24) is 19.8 Å². The van der Waals surface area contributed by atoms with Gasteiger partial charge in [-0.1, -0.05) is 39.7 Å². The maximum absolute atomic E-state index is 13.7. The Bertz CT molecular complexity index is 1470. The fraction of sp³-hybridized carbons (Fsp3) is 0.185. The summed E-state index contributed by atoms with van der Waals surface area (Å²) in [7, 11) is 0. The maximum atomic E-state index is 13.7. The Morgan fingerprint density at radius 3 is 2.83 bits per heavy atom. The van der Waals surface area contributed by atoms with E-state index in [1.54, 1.807) is 16.7 Å². The number of fused-ring (bicyclic) bond motifs is 3. The summed E-state index contributed by atoms with van der Waals surface area (Å²) in [6, 6.07) is 13.0. The fourth-order valence-corrected chi connectivity index (χ4v) is 5.25. The highest BCUT2D eigenvalue weighted by Crippen LogP contribution is 2.32. The molecule has 0 unspecified atom stereocenters. The van der Waals surface area contributed by atoms with E-state index in [0.29, 0.717) is 34.6 Å². The van der Waals surface area contributed by atoms with Gasteiger partial charge in [0, 0.05) is 59.4 Å². The lowest BCUT2D eigenvalue weighted by Gasteiger charge is -2.27. The molecule has 0 spiro atoms. The standard InChI is InChI=1S/C27H22BrClF2N4O/c28-19-10-17(11-21(30)13-19)2-1-8-34-9-6-25-23(16-34)22-14-20(29)3-4-24(22)35(25)27(36)33-15-18-5-7-32-26(31)12-18/h1-5,7,10-14H,6,8-9,15-16H2,(H,33,36)/b2-1+. The summed E-state index contributed by atoms with van der Waals surface area (Å²) in [4.78, 5) is 19.1. The van der Waals surface area contributed by atoms with Crippen LogP contribution >= 0.6 is 27.5 Å². The van der Waals surface area contributed by atoms with Crippen LogP contribution in [0.4, 0.5) is 13.6 Å². The molecule has 0 saturated carbocycles. The van der Waals surface area contributed by atoms with Crippen molar-refractivity contribution in [2.24, 2.45) is 0 Å². The number of benzene rings is 2. The van der Waals surface area contributed by atoms with Crippen LogP contribution in [0.15, 0.2) is 65.3 Å². The third-order valence-corrected chi connectivity index (χ3v) is 6.88. The van der Waals surface area contributed by atoms with Gasteiger partial charge < -0.3 is 5.32 Å². The Labute approximate surface area is 220 Å². The Balaban J connectivity index is 1.37. The molecule has 0 fully saturated rings. The number of halogens is 4. The topological polar surface area (TPSA) is 50.2 Å². The summed E-state index contributed by atoms with van der Waals surface area (Å²) in [6.45, 7) is 2.28. The second-order valence-electron chi connectivity index (χ2n) is 8.66. The predicted octanol–water partition coefficient (Wildman–Crippen LogP) is 6.56. The third-order valence-electron chi connectivity index (χ3n) is 6.19. The van der Waals surface area contributed by atoms with E-state index in [1.165, 1.54) is 24.4 Å². The molecule has 3 heterocycles. The fourth-order valence-electron chi connectivity index (χ4n) is 4.59. The largest absolute Gasteiger partial charge is 0.333 e. The van der Waals surface area contributed by atoms with Crippen molar-refractivity contribution in [3.8, 4) is 0 Å². The number of hydrogen-bond acceptors (Lipinski definition) is 3. The van der Waals surface area contributed by atoms with Gasteiger partial charge in [0.1, 0.15) is 5.82 Å². The third kappa shape index (κ3) is 5.36. The molecule has 1 N–H and O–H groups in total. The number of rotatable bonds is 5.